The van der Waals surface area contributed by atoms with Gasteiger partial charge in [0.1, 0.15) is 0 Å². The summed E-state index contributed by atoms with van der Waals surface area (Å²) in [7, 11) is 0. The van der Waals surface area contributed by atoms with Crippen LogP contribution >= 0.6 is 31.9 Å². The Morgan fingerprint density at radius 3 is 1.46 bits per heavy atom. The van der Waals surface area contributed by atoms with Crippen molar-refractivity contribution >= 4 is 37.8 Å². The van der Waals surface area contributed by atoms with Crippen LogP contribution in [0.15, 0.2) is 21.1 Å². The quantitative estimate of drug-likeness (QED) is 0.184. The van der Waals surface area contributed by atoms with E-state index in [9.17, 15) is 4.79 Å². The first kappa shape index (κ1) is 23.9. The monoisotopic (exact) mass is 464 g/mol. The molecule has 140 valence electrons. The van der Waals surface area contributed by atoms with Crippen LogP contribution in [0.1, 0.15) is 96.8 Å². The third kappa shape index (κ3) is 14.3. The van der Waals surface area contributed by atoms with Crippen molar-refractivity contribution in [1.29, 1.82) is 0 Å². The van der Waals surface area contributed by atoms with Crippen molar-refractivity contribution in [2.24, 2.45) is 0 Å². The van der Waals surface area contributed by atoms with Crippen LogP contribution in [0.5, 0.6) is 0 Å². The van der Waals surface area contributed by atoms with E-state index in [0.717, 1.165) is 32.1 Å². The Balaban J connectivity index is 3.85. The van der Waals surface area contributed by atoms with E-state index in [4.69, 9.17) is 5.11 Å². The van der Waals surface area contributed by atoms with Crippen molar-refractivity contribution in [2.75, 3.05) is 0 Å². The highest BCUT2D eigenvalue weighted by atomic mass is 79.9. The topological polar surface area (TPSA) is 37.3 Å². The molecule has 0 aliphatic carbocycles. The number of carbonyl (C=O) groups is 1. The van der Waals surface area contributed by atoms with Gasteiger partial charge in [0.25, 0.3) is 0 Å². The third-order valence-electron chi connectivity index (χ3n) is 4.31. The van der Waals surface area contributed by atoms with Crippen LogP contribution in [-0.4, -0.2) is 11.1 Å². The number of carboxylic acid groups (broad SMARTS) is 1. The number of halogens is 2. The van der Waals surface area contributed by atoms with Crippen LogP contribution in [-0.2, 0) is 4.79 Å². The maximum atomic E-state index is 10.5. The molecule has 0 aromatic rings. The van der Waals surface area contributed by atoms with E-state index in [1.165, 1.54) is 62.5 Å². The normalized spacial score (nSPS) is 12.6. The second kappa shape index (κ2) is 17.7. The minimum Gasteiger partial charge on any atom is -0.481 e. The summed E-state index contributed by atoms with van der Waals surface area (Å²) in [5.74, 6) is -0.679. The van der Waals surface area contributed by atoms with Gasteiger partial charge in [-0.2, -0.15) is 0 Å². The molecule has 0 unspecified atom stereocenters. The van der Waals surface area contributed by atoms with Gasteiger partial charge in [0, 0.05) is 6.42 Å². The van der Waals surface area contributed by atoms with Gasteiger partial charge in [0.2, 0.25) is 0 Å². The lowest BCUT2D eigenvalue weighted by atomic mass is 9.97. The standard InChI is InChI=1S/C20H34Br2O2/c1-2-3-4-5-7-10-13-18(16-21)19(17-22)14-11-8-6-9-12-15-20(23)24/h16-17H,2-15H2,1H3,(H,23,24). The second-order valence-corrected chi connectivity index (χ2v) is 7.36. The van der Waals surface area contributed by atoms with Crippen LogP contribution in [0, 0.1) is 0 Å². The Morgan fingerprint density at radius 1 is 0.708 bits per heavy atom. The Kier molecular flexibility index (Phi) is 17.7. The lowest BCUT2D eigenvalue weighted by Gasteiger charge is -2.11. The van der Waals surface area contributed by atoms with Gasteiger partial charge >= 0.3 is 5.97 Å². The molecular weight excluding hydrogens is 432 g/mol. The van der Waals surface area contributed by atoms with Crippen LogP contribution in [0.2, 0.25) is 0 Å². The average molecular weight is 466 g/mol. The third-order valence-corrected chi connectivity index (χ3v) is 5.42. The molecule has 0 spiro atoms. The predicted octanol–water partition coefficient (Wildman–Crippen LogP) is 8.11. The molecule has 0 radical (unpaired) electrons. The summed E-state index contributed by atoms with van der Waals surface area (Å²) in [5, 5.41) is 8.62. The molecule has 0 saturated heterocycles. The largest absolute Gasteiger partial charge is 0.481 e. The first-order valence-electron chi connectivity index (χ1n) is 9.46. The maximum Gasteiger partial charge on any atom is 0.303 e. The molecule has 0 bridgehead atoms. The van der Waals surface area contributed by atoms with Crippen LogP contribution in [0.4, 0.5) is 0 Å². The molecule has 0 aliphatic rings. The van der Waals surface area contributed by atoms with E-state index in [-0.39, 0.29) is 0 Å². The molecule has 0 atom stereocenters. The van der Waals surface area contributed by atoms with Gasteiger partial charge in [-0.1, -0.05) is 90.2 Å². The fourth-order valence-electron chi connectivity index (χ4n) is 2.79. The number of hydrogen-bond donors (Lipinski definition) is 1. The van der Waals surface area contributed by atoms with E-state index in [1.807, 2.05) is 0 Å². The van der Waals surface area contributed by atoms with Gasteiger partial charge in [-0.25, -0.2) is 0 Å². The number of rotatable bonds is 16. The van der Waals surface area contributed by atoms with E-state index < -0.39 is 5.97 Å². The van der Waals surface area contributed by atoms with Crippen LogP contribution in [0.25, 0.3) is 0 Å². The van der Waals surface area contributed by atoms with Crippen molar-refractivity contribution in [1.82, 2.24) is 0 Å². The summed E-state index contributed by atoms with van der Waals surface area (Å²) in [6, 6.07) is 0. The van der Waals surface area contributed by atoms with Crippen molar-refractivity contribution in [3.63, 3.8) is 0 Å². The van der Waals surface area contributed by atoms with E-state index in [0.29, 0.717) is 6.42 Å². The number of carboxylic acids is 1. The molecule has 2 nitrogen and oxygen atoms in total. The van der Waals surface area contributed by atoms with E-state index >= 15 is 0 Å². The number of hydrogen-bond acceptors (Lipinski definition) is 1. The van der Waals surface area contributed by atoms with Gasteiger partial charge in [-0.15, -0.1) is 0 Å². The average Bonchev–Trinajstić information content (AvgIpc) is 2.57. The Morgan fingerprint density at radius 2 is 1.08 bits per heavy atom. The fraction of sp³-hybridized carbons (Fsp3) is 0.750. The molecule has 0 amide bonds. The van der Waals surface area contributed by atoms with Gasteiger partial charge in [-0.3, -0.25) is 4.79 Å². The molecule has 0 aromatic carbocycles. The predicted molar refractivity (Wildman–Crippen MR) is 112 cm³/mol. The molecule has 0 heterocycles. The van der Waals surface area contributed by atoms with E-state index in [2.05, 4.69) is 48.8 Å². The molecule has 1 N–H and O–H groups in total. The summed E-state index contributed by atoms with van der Waals surface area (Å²) in [6.07, 6.45) is 15.8. The molecule has 0 aromatic heterocycles. The van der Waals surface area contributed by atoms with Crippen molar-refractivity contribution in [3.8, 4) is 0 Å². The zero-order chi connectivity index (χ0) is 18.0. The summed E-state index contributed by atoms with van der Waals surface area (Å²) < 4.78 is 0. The fourth-order valence-corrected chi connectivity index (χ4v) is 3.83. The molecule has 24 heavy (non-hydrogen) atoms. The smallest absolute Gasteiger partial charge is 0.303 e. The summed E-state index contributed by atoms with van der Waals surface area (Å²) in [5.41, 5.74) is 2.80. The molecule has 0 saturated carbocycles. The summed E-state index contributed by atoms with van der Waals surface area (Å²) in [6.45, 7) is 2.25. The highest BCUT2D eigenvalue weighted by Crippen LogP contribution is 2.26. The first-order chi connectivity index (χ1) is 11.7. The summed E-state index contributed by atoms with van der Waals surface area (Å²) in [4.78, 5) is 14.6. The highest BCUT2D eigenvalue weighted by Gasteiger charge is 2.05. The maximum absolute atomic E-state index is 10.5. The van der Waals surface area contributed by atoms with Crippen LogP contribution in [0.3, 0.4) is 0 Å². The number of unbranched alkanes of at least 4 members (excludes halogenated alkanes) is 9. The Bertz CT molecular complexity index is 376. The molecule has 0 fully saturated rings. The Hall–Kier alpha value is -0.0900. The minimum atomic E-state index is -0.679. The second-order valence-electron chi connectivity index (χ2n) is 6.45. The summed E-state index contributed by atoms with van der Waals surface area (Å²) >= 11 is 7.05. The van der Waals surface area contributed by atoms with Crippen molar-refractivity contribution in [2.45, 2.75) is 96.8 Å². The lowest BCUT2D eigenvalue weighted by molar-refractivity contribution is -0.137. The van der Waals surface area contributed by atoms with Gasteiger partial charge in [0.05, 0.1) is 0 Å². The zero-order valence-corrected chi connectivity index (χ0v) is 18.3. The minimum absolute atomic E-state index is 0.307. The first-order valence-corrected chi connectivity index (χ1v) is 11.3. The molecule has 0 rings (SSSR count). The molecule has 0 aliphatic heterocycles. The molecule has 4 heteroatoms. The van der Waals surface area contributed by atoms with Gasteiger partial charge < -0.3 is 5.11 Å². The lowest BCUT2D eigenvalue weighted by Crippen LogP contribution is -1.94. The number of allylic oxidation sites excluding steroid dienone is 2. The number of aliphatic carboxylic acids is 1. The van der Waals surface area contributed by atoms with Gasteiger partial charge in [0.15, 0.2) is 0 Å². The Labute approximate surface area is 165 Å². The van der Waals surface area contributed by atoms with Crippen molar-refractivity contribution in [3.05, 3.63) is 21.1 Å². The van der Waals surface area contributed by atoms with Crippen LogP contribution < -0.4 is 0 Å². The zero-order valence-electron chi connectivity index (χ0n) is 15.2. The highest BCUT2D eigenvalue weighted by molar-refractivity contribution is 9.11. The molecular formula is C20H34Br2O2. The van der Waals surface area contributed by atoms with E-state index in [1.54, 1.807) is 0 Å². The van der Waals surface area contributed by atoms with Crippen molar-refractivity contribution < 1.29 is 9.90 Å². The SMILES string of the molecule is CCCCCCCCC(=CBr)C(=CBr)CCCCCCCC(=O)O. The van der Waals surface area contributed by atoms with Gasteiger partial charge in [-0.05, 0) is 53.2 Å².